The Balaban J connectivity index is 4.17. The molecule has 0 heterocycles. The SMILES string of the molecule is CC/C=C\C/C=C\C/C=C\C/C=C\C/C=C\C/C=C\C/C=C\C/C=C\C/C=C\C/C=C\C/C=C\C/C=C\CCCCC(=O)OC(COC(=O)CCCCCCCCCCCCCCCCCCCCCCCC/C=C\C/C=C\C/C=C\C/C=C\CC)COC(OCC[N+](C)(C)C)C(=O)O. The van der Waals surface area contributed by atoms with Crippen molar-refractivity contribution in [3.8, 4) is 0 Å². The number of ether oxygens (including phenoxy) is 4. The first-order chi connectivity index (χ1) is 48.6. The lowest BCUT2D eigenvalue weighted by Gasteiger charge is -2.25. The van der Waals surface area contributed by atoms with Gasteiger partial charge in [0.25, 0.3) is 6.29 Å². The van der Waals surface area contributed by atoms with Gasteiger partial charge in [0.05, 0.1) is 34.4 Å². The van der Waals surface area contributed by atoms with E-state index in [1.54, 1.807) is 0 Å². The fourth-order valence-corrected chi connectivity index (χ4v) is 10.4. The third-order valence-corrected chi connectivity index (χ3v) is 16.3. The third-order valence-electron chi connectivity index (χ3n) is 16.3. The van der Waals surface area contributed by atoms with Crippen molar-refractivity contribution in [3.05, 3.63) is 194 Å². The summed E-state index contributed by atoms with van der Waals surface area (Å²) in [6.45, 7) is 4.60. The lowest BCUT2D eigenvalue weighted by molar-refractivity contribution is -0.870. The van der Waals surface area contributed by atoms with Crippen molar-refractivity contribution in [3.63, 3.8) is 0 Å². The highest BCUT2D eigenvalue weighted by Gasteiger charge is 2.25. The van der Waals surface area contributed by atoms with Gasteiger partial charge in [-0.3, -0.25) is 9.59 Å². The number of hydrogen-bond acceptors (Lipinski definition) is 7. The van der Waals surface area contributed by atoms with Crippen LogP contribution in [0.25, 0.3) is 0 Å². The van der Waals surface area contributed by atoms with Crippen LogP contribution in [0.5, 0.6) is 0 Å². The van der Waals surface area contributed by atoms with Crippen molar-refractivity contribution in [2.24, 2.45) is 0 Å². The van der Waals surface area contributed by atoms with Crippen LogP contribution in [0.15, 0.2) is 194 Å². The Kier molecular flexibility index (Phi) is 73.2. The Morgan fingerprint density at radius 1 is 0.303 bits per heavy atom. The van der Waals surface area contributed by atoms with Gasteiger partial charge in [0.2, 0.25) is 0 Å². The second-order valence-electron chi connectivity index (χ2n) is 26.9. The van der Waals surface area contributed by atoms with E-state index in [0.29, 0.717) is 17.4 Å². The van der Waals surface area contributed by atoms with Crippen LogP contribution in [0.2, 0.25) is 0 Å². The number of nitrogens with zero attached hydrogens (tertiary/aromatic N) is 1. The molecule has 0 aromatic rings. The smallest absolute Gasteiger partial charge is 0.361 e. The zero-order chi connectivity index (χ0) is 71.8. The van der Waals surface area contributed by atoms with Gasteiger partial charge in [0.15, 0.2) is 6.10 Å². The number of carboxylic acids is 1. The number of carboxylic acid groups (broad SMARTS) is 1. The highest BCUT2D eigenvalue weighted by Crippen LogP contribution is 2.17. The standard InChI is InChI=1S/C90H145NO8/c1-6-8-10-12-14-16-18-20-22-24-26-28-30-32-34-36-38-40-42-43-44-45-47-49-51-53-55-57-59-61-63-65-67-69-71-73-75-77-79-81-88(93)99-86(85-98-90(89(94)95)96-83-82-91(3,4)5)84-97-87(92)80-78-76-74-72-70-68-66-64-62-60-58-56-54-52-50-48-46-41-39-37-35-33-31-29-27-25-23-21-19-17-15-13-11-9-7-2/h8-11,14-17,20-23,26-29,32,34,38,40,43-44,47,49,53,55,59,61,65,67,71,73,86,90H,6-7,12-13,18-19,24-25,30-31,33,35-37,39,41-42,45-46,48,50-52,54,56-58,60,62-64,66,68-70,72,74-85H2,1-5H3/p+1/b10-8-,11-9-,16-14-,17-15-,22-20-,23-21-,28-26-,29-27-,34-32-,40-38-,44-43-,49-47-,55-53-,61-59-,67-65-,73-71-. The molecule has 0 aliphatic carbocycles. The van der Waals surface area contributed by atoms with E-state index >= 15 is 0 Å². The number of likely N-dealkylation sites (N-methyl/N-ethyl adjacent to an activating group) is 1. The molecule has 0 spiro atoms. The Hall–Kier alpha value is -5.87. The summed E-state index contributed by atoms with van der Waals surface area (Å²) in [5.41, 5.74) is 0. The van der Waals surface area contributed by atoms with E-state index < -0.39 is 24.3 Å². The molecule has 0 aromatic heterocycles. The number of carbonyl (C=O) groups excluding carboxylic acids is 2. The fraction of sp³-hybridized carbons (Fsp3) is 0.611. The van der Waals surface area contributed by atoms with Crippen molar-refractivity contribution in [1.82, 2.24) is 0 Å². The molecule has 0 aliphatic heterocycles. The Labute approximate surface area is 608 Å². The summed E-state index contributed by atoms with van der Waals surface area (Å²) in [5.74, 6) is -2.07. The lowest BCUT2D eigenvalue weighted by atomic mass is 10.0. The third kappa shape index (κ3) is 79.3. The van der Waals surface area contributed by atoms with Gasteiger partial charge >= 0.3 is 17.9 Å². The number of esters is 2. The second-order valence-corrected chi connectivity index (χ2v) is 26.9. The van der Waals surface area contributed by atoms with E-state index in [2.05, 4.69) is 208 Å². The molecule has 0 rings (SSSR count). The molecular formula is C90H146NO8+. The van der Waals surface area contributed by atoms with Gasteiger partial charge in [-0.2, -0.15) is 0 Å². The molecule has 9 nitrogen and oxygen atoms in total. The van der Waals surface area contributed by atoms with Crippen molar-refractivity contribution in [2.75, 3.05) is 47.5 Å². The summed E-state index contributed by atoms with van der Waals surface area (Å²) in [6, 6.07) is 0. The van der Waals surface area contributed by atoms with Crippen molar-refractivity contribution in [1.29, 1.82) is 0 Å². The Morgan fingerprint density at radius 2 is 0.545 bits per heavy atom. The molecule has 99 heavy (non-hydrogen) atoms. The van der Waals surface area contributed by atoms with Crippen LogP contribution in [-0.4, -0.2) is 87.4 Å². The van der Waals surface area contributed by atoms with Gasteiger partial charge in [-0.15, -0.1) is 0 Å². The van der Waals surface area contributed by atoms with Crippen LogP contribution in [-0.2, 0) is 33.3 Å². The molecule has 0 bridgehead atoms. The van der Waals surface area contributed by atoms with E-state index in [1.165, 1.54) is 128 Å². The molecule has 558 valence electrons. The number of quaternary nitrogens is 1. The molecular weight excluding hydrogens is 1220 g/mol. The quantitative estimate of drug-likeness (QED) is 0.0211. The summed E-state index contributed by atoms with van der Waals surface area (Å²) in [4.78, 5) is 37.7. The van der Waals surface area contributed by atoms with E-state index in [9.17, 15) is 19.5 Å². The first kappa shape index (κ1) is 93.1. The van der Waals surface area contributed by atoms with Crippen LogP contribution in [0.4, 0.5) is 0 Å². The normalized spacial score (nSPS) is 13.7. The molecule has 0 aliphatic rings. The maximum Gasteiger partial charge on any atom is 0.361 e. The number of carbonyl (C=O) groups is 3. The molecule has 0 fully saturated rings. The van der Waals surface area contributed by atoms with Crippen molar-refractivity contribution >= 4 is 17.9 Å². The van der Waals surface area contributed by atoms with Crippen LogP contribution < -0.4 is 0 Å². The van der Waals surface area contributed by atoms with Crippen LogP contribution in [0.1, 0.15) is 296 Å². The summed E-state index contributed by atoms with van der Waals surface area (Å²) in [7, 11) is 5.96. The molecule has 0 aromatic carbocycles. The highest BCUT2D eigenvalue weighted by atomic mass is 16.7. The minimum atomic E-state index is -1.53. The second kappa shape index (κ2) is 77.9. The maximum atomic E-state index is 13.0. The Bertz CT molecular complexity index is 2340. The summed E-state index contributed by atoms with van der Waals surface area (Å²) in [5, 5.41) is 9.77. The summed E-state index contributed by atoms with van der Waals surface area (Å²) >= 11 is 0. The number of hydrogen-bond donors (Lipinski definition) is 1. The lowest BCUT2D eigenvalue weighted by Crippen LogP contribution is -2.40. The molecule has 0 saturated heterocycles. The number of rotatable bonds is 71. The number of allylic oxidation sites excluding steroid dienone is 32. The average Bonchev–Trinajstić information content (AvgIpc) is 1.14. The van der Waals surface area contributed by atoms with Crippen molar-refractivity contribution in [2.45, 2.75) is 309 Å². The molecule has 9 heteroatoms. The molecule has 0 saturated carbocycles. The largest absolute Gasteiger partial charge is 0.477 e. The van der Waals surface area contributed by atoms with Gasteiger partial charge in [-0.05, 0) is 141 Å². The fourth-order valence-electron chi connectivity index (χ4n) is 10.4. The predicted molar refractivity (Wildman–Crippen MR) is 428 cm³/mol. The van der Waals surface area contributed by atoms with E-state index in [-0.39, 0.29) is 38.6 Å². The first-order valence-corrected chi connectivity index (χ1v) is 39.6. The maximum absolute atomic E-state index is 13.0. The van der Waals surface area contributed by atoms with E-state index in [1.807, 2.05) is 21.1 Å². The average molecular weight is 1370 g/mol. The zero-order valence-corrected chi connectivity index (χ0v) is 63.8. The molecule has 0 radical (unpaired) electrons. The minimum Gasteiger partial charge on any atom is -0.477 e. The molecule has 2 atom stereocenters. The molecule has 1 N–H and O–H groups in total. The number of aliphatic carboxylic acids is 1. The van der Waals surface area contributed by atoms with Crippen LogP contribution in [0.3, 0.4) is 0 Å². The topological polar surface area (TPSA) is 108 Å². The van der Waals surface area contributed by atoms with Gasteiger partial charge < -0.3 is 28.5 Å². The highest BCUT2D eigenvalue weighted by molar-refractivity contribution is 5.71. The zero-order valence-electron chi connectivity index (χ0n) is 63.8. The number of unbranched alkanes of at least 4 members (excludes halogenated alkanes) is 24. The van der Waals surface area contributed by atoms with Crippen molar-refractivity contribution < 1.29 is 42.9 Å². The predicted octanol–water partition coefficient (Wildman–Crippen LogP) is 25.7. The van der Waals surface area contributed by atoms with Gasteiger partial charge in [-0.25, -0.2) is 4.79 Å². The minimum absolute atomic E-state index is 0.170. The first-order valence-electron chi connectivity index (χ1n) is 39.6. The van der Waals surface area contributed by atoms with E-state index in [0.717, 1.165) is 135 Å². The van der Waals surface area contributed by atoms with Crippen LogP contribution >= 0.6 is 0 Å². The molecule has 0 amide bonds. The monoisotopic (exact) mass is 1370 g/mol. The summed E-state index contributed by atoms with van der Waals surface area (Å²) < 4.78 is 23.0. The van der Waals surface area contributed by atoms with Gasteiger partial charge in [0, 0.05) is 12.8 Å². The Morgan fingerprint density at radius 3 is 0.828 bits per heavy atom. The van der Waals surface area contributed by atoms with E-state index in [4.69, 9.17) is 18.9 Å². The van der Waals surface area contributed by atoms with Gasteiger partial charge in [-0.1, -0.05) is 337 Å². The van der Waals surface area contributed by atoms with Crippen LogP contribution in [0, 0.1) is 0 Å². The van der Waals surface area contributed by atoms with Gasteiger partial charge in [0.1, 0.15) is 13.2 Å². The molecule has 2 unspecified atom stereocenters. The summed E-state index contributed by atoms with van der Waals surface area (Å²) in [6.07, 6.45) is 117.